The third-order valence-electron chi connectivity index (χ3n) is 7.32. The molecule has 0 aliphatic carbocycles. The Bertz CT molecular complexity index is 1100. The van der Waals surface area contributed by atoms with Gasteiger partial charge >= 0.3 is 0 Å². The van der Waals surface area contributed by atoms with Crippen molar-refractivity contribution >= 4 is 5.91 Å². The number of nitrogens with two attached hydrogens (primary N) is 1. The third kappa shape index (κ3) is 4.28. The first-order valence-electron chi connectivity index (χ1n) is 11.7. The fourth-order valence-corrected chi connectivity index (χ4v) is 5.49. The summed E-state index contributed by atoms with van der Waals surface area (Å²) >= 11 is 0. The van der Waals surface area contributed by atoms with Gasteiger partial charge in [-0.15, -0.1) is 5.10 Å². The van der Waals surface area contributed by atoms with Gasteiger partial charge in [-0.1, -0.05) is 42.5 Å². The molecular formula is C25H31N7O. The number of likely N-dealkylation sites (tertiary alicyclic amines) is 2. The Kier molecular flexibility index (Phi) is 5.95. The van der Waals surface area contributed by atoms with Crippen molar-refractivity contribution in [3.63, 3.8) is 0 Å². The number of nitrogens with zero attached hydrogens (tertiary/aromatic N) is 5. The van der Waals surface area contributed by atoms with Crippen LogP contribution in [0.2, 0.25) is 0 Å². The lowest BCUT2D eigenvalue weighted by Gasteiger charge is -2.24. The zero-order valence-electron chi connectivity index (χ0n) is 19.2. The van der Waals surface area contributed by atoms with Gasteiger partial charge in [-0.25, -0.2) is 5.10 Å². The molecule has 2 aromatic carbocycles. The van der Waals surface area contributed by atoms with Crippen LogP contribution >= 0.6 is 0 Å². The number of benzene rings is 2. The molecule has 0 radical (unpaired) electrons. The molecule has 3 heterocycles. The standard InChI is InChI=1S/C25H31N7O/c1-16-8-9-21(24-27-29-30-28-24)17(2)23(16)25(33)32-14-19-12-31(13-20(19)15-32)11-10-22(26)18-6-4-3-5-7-18/h3-9,19-20,22H,10-15,26H2,1-2H3,(H,27,28,29,30)/t19?,20?,22-/m0/s1. The molecule has 172 valence electrons. The topological polar surface area (TPSA) is 104 Å². The van der Waals surface area contributed by atoms with E-state index in [1.54, 1.807) is 0 Å². The molecule has 33 heavy (non-hydrogen) atoms. The second-order valence-electron chi connectivity index (χ2n) is 9.48. The lowest BCUT2D eigenvalue weighted by molar-refractivity contribution is 0.0772. The van der Waals surface area contributed by atoms with Crippen molar-refractivity contribution in [1.29, 1.82) is 0 Å². The Morgan fingerprint density at radius 3 is 2.48 bits per heavy atom. The molecule has 2 saturated heterocycles. The lowest BCUT2D eigenvalue weighted by Crippen LogP contribution is -2.34. The second-order valence-corrected chi connectivity index (χ2v) is 9.48. The number of aromatic nitrogens is 4. The first-order valence-corrected chi connectivity index (χ1v) is 11.7. The molecule has 3 aromatic rings. The van der Waals surface area contributed by atoms with Crippen molar-refractivity contribution in [1.82, 2.24) is 30.4 Å². The maximum absolute atomic E-state index is 13.5. The fourth-order valence-electron chi connectivity index (χ4n) is 5.49. The van der Waals surface area contributed by atoms with Crippen molar-refractivity contribution in [3.8, 4) is 11.4 Å². The minimum atomic E-state index is 0.0718. The van der Waals surface area contributed by atoms with E-state index in [4.69, 9.17) is 5.73 Å². The Morgan fingerprint density at radius 1 is 1.09 bits per heavy atom. The number of tetrazole rings is 1. The summed E-state index contributed by atoms with van der Waals surface area (Å²) in [7, 11) is 0. The van der Waals surface area contributed by atoms with Crippen molar-refractivity contribution in [2.75, 3.05) is 32.7 Å². The minimum absolute atomic E-state index is 0.0718. The molecule has 8 nitrogen and oxygen atoms in total. The van der Waals surface area contributed by atoms with E-state index in [1.807, 2.05) is 49.1 Å². The third-order valence-corrected chi connectivity index (χ3v) is 7.32. The van der Waals surface area contributed by atoms with Gasteiger partial charge in [0.05, 0.1) is 0 Å². The predicted molar refractivity (Wildman–Crippen MR) is 126 cm³/mol. The molecule has 3 N–H and O–H groups in total. The maximum Gasteiger partial charge on any atom is 0.254 e. The second kappa shape index (κ2) is 9.03. The van der Waals surface area contributed by atoms with Crippen LogP contribution in [0.3, 0.4) is 0 Å². The smallest absolute Gasteiger partial charge is 0.254 e. The van der Waals surface area contributed by atoms with Crippen LogP contribution in [0.4, 0.5) is 0 Å². The number of rotatable bonds is 6. The van der Waals surface area contributed by atoms with Gasteiger partial charge in [-0.05, 0) is 65.8 Å². The predicted octanol–water partition coefficient (Wildman–Crippen LogP) is 2.58. The largest absolute Gasteiger partial charge is 0.338 e. The van der Waals surface area contributed by atoms with Gasteiger partial charge in [0.15, 0.2) is 5.82 Å². The Hall–Kier alpha value is -3.10. The van der Waals surface area contributed by atoms with E-state index in [1.165, 1.54) is 5.56 Å². The Balaban J connectivity index is 1.21. The zero-order chi connectivity index (χ0) is 22.9. The van der Waals surface area contributed by atoms with Crippen molar-refractivity contribution < 1.29 is 4.79 Å². The van der Waals surface area contributed by atoms with E-state index in [0.29, 0.717) is 17.7 Å². The number of hydrogen-bond donors (Lipinski definition) is 2. The summed E-state index contributed by atoms with van der Waals surface area (Å²) in [4.78, 5) is 18.1. The van der Waals surface area contributed by atoms with Gasteiger partial charge in [0, 0.05) is 43.3 Å². The van der Waals surface area contributed by atoms with Crippen LogP contribution < -0.4 is 5.73 Å². The molecule has 0 bridgehead atoms. The van der Waals surface area contributed by atoms with E-state index in [2.05, 4.69) is 37.7 Å². The molecule has 5 rings (SSSR count). The van der Waals surface area contributed by atoms with E-state index in [-0.39, 0.29) is 11.9 Å². The number of amides is 1. The van der Waals surface area contributed by atoms with Gasteiger partial charge in [0.1, 0.15) is 0 Å². The number of H-pyrrole nitrogens is 1. The summed E-state index contributed by atoms with van der Waals surface area (Å²) in [5, 5.41) is 14.2. The highest BCUT2D eigenvalue weighted by Crippen LogP contribution is 2.34. The van der Waals surface area contributed by atoms with Crippen LogP contribution in [-0.4, -0.2) is 69.1 Å². The highest BCUT2D eigenvalue weighted by atomic mass is 16.2. The molecule has 2 fully saturated rings. The molecule has 1 amide bonds. The molecule has 0 saturated carbocycles. The summed E-state index contributed by atoms with van der Waals surface area (Å²) in [5.41, 5.74) is 11.1. The normalized spacial score (nSPS) is 21.4. The molecule has 2 aliphatic rings. The summed E-state index contributed by atoms with van der Waals surface area (Å²) in [6.07, 6.45) is 0.952. The highest BCUT2D eigenvalue weighted by Gasteiger charge is 2.42. The van der Waals surface area contributed by atoms with Gasteiger partial charge in [-0.2, -0.15) is 0 Å². The van der Waals surface area contributed by atoms with Crippen molar-refractivity contribution in [3.05, 3.63) is 64.7 Å². The summed E-state index contributed by atoms with van der Waals surface area (Å²) in [6.45, 7) is 8.69. The zero-order valence-corrected chi connectivity index (χ0v) is 19.2. The fraction of sp³-hybridized carbons (Fsp3) is 0.440. The molecule has 2 unspecified atom stereocenters. The average molecular weight is 446 g/mol. The van der Waals surface area contributed by atoms with E-state index >= 15 is 0 Å². The summed E-state index contributed by atoms with van der Waals surface area (Å²) in [5.74, 6) is 1.77. The number of fused-ring (bicyclic) bond motifs is 1. The van der Waals surface area contributed by atoms with Gasteiger partial charge in [0.25, 0.3) is 5.91 Å². The highest BCUT2D eigenvalue weighted by molar-refractivity contribution is 5.99. The van der Waals surface area contributed by atoms with Crippen LogP contribution in [0, 0.1) is 25.7 Å². The first-order chi connectivity index (χ1) is 16.0. The van der Waals surface area contributed by atoms with Crippen LogP contribution in [-0.2, 0) is 0 Å². The van der Waals surface area contributed by atoms with Gasteiger partial charge in [0.2, 0.25) is 0 Å². The number of aryl methyl sites for hydroxylation is 1. The number of aromatic amines is 1. The molecule has 0 spiro atoms. The number of hydrogen-bond acceptors (Lipinski definition) is 6. The van der Waals surface area contributed by atoms with Crippen molar-refractivity contribution in [2.24, 2.45) is 17.6 Å². The Labute approximate surface area is 194 Å². The quantitative estimate of drug-likeness (QED) is 0.604. The van der Waals surface area contributed by atoms with Crippen LogP contribution in [0.1, 0.15) is 39.5 Å². The molecule has 2 aliphatic heterocycles. The number of carbonyl (C=O) groups excluding carboxylic acids is 1. The average Bonchev–Trinajstić information content (AvgIpc) is 3.55. The van der Waals surface area contributed by atoms with E-state index in [9.17, 15) is 4.79 Å². The Morgan fingerprint density at radius 2 is 1.82 bits per heavy atom. The summed E-state index contributed by atoms with van der Waals surface area (Å²) in [6, 6.07) is 14.3. The molecular weight excluding hydrogens is 414 g/mol. The van der Waals surface area contributed by atoms with Crippen LogP contribution in [0.25, 0.3) is 11.4 Å². The number of carbonyl (C=O) groups is 1. The molecule has 8 heteroatoms. The van der Waals surface area contributed by atoms with E-state index in [0.717, 1.165) is 61.4 Å². The first kappa shape index (κ1) is 21.7. The van der Waals surface area contributed by atoms with Crippen LogP contribution in [0.5, 0.6) is 0 Å². The molecule has 1 aromatic heterocycles. The lowest BCUT2D eigenvalue weighted by atomic mass is 9.96. The maximum atomic E-state index is 13.5. The van der Waals surface area contributed by atoms with Crippen molar-refractivity contribution in [2.45, 2.75) is 26.3 Å². The van der Waals surface area contributed by atoms with Gasteiger partial charge in [-0.3, -0.25) is 4.79 Å². The van der Waals surface area contributed by atoms with E-state index < -0.39 is 0 Å². The minimum Gasteiger partial charge on any atom is -0.338 e. The van der Waals surface area contributed by atoms with Crippen LogP contribution in [0.15, 0.2) is 42.5 Å². The van der Waals surface area contributed by atoms with Gasteiger partial charge < -0.3 is 15.5 Å². The summed E-state index contributed by atoms with van der Waals surface area (Å²) < 4.78 is 0. The SMILES string of the molecule is Cc1ccc(-c2nnn[nH]2)c(C)c1C(=O)N1CC2CN(CC[C@H](N)c3ccccc3)CC2C1. The monoisotopic (exact) mass is 445 g/mol. The molecule has 3 atom stereocenters. The number of nitrogens with one attached hydrogen (secondary N) is 1.